The van der Waals surface area contributed by atoms with E-state index in [1.807, 2.05) is 24.3 Å². The Bertz CT molecular complexity index is 635. The largest absolute Gasteiger partial charge is 0.347 e. The highest BCUT2D eigenvalue weighted by molar-refractivity contribution is 5.93. The van der Waals surface area contributed by atoms with Gasteiger partial charge in [-0.25, -0.2) is 9.97 Å². The van der Waals surface area contributed by atoms with Crippen molar-refractivity contribution in [2.45, 2.75) is 18.9 Å². The third-order valence-electron chi connectivity index (χ3n) is 3.77. The molecular weight excluding hydrogens is 252 g/mol. The number of aromatic nitrogens is 2. The second-order valence-electron chi connectivity index (χ2n) is 5.30. The van der Waals surface area contributed by atoms with Crippen molar-refractivity contribution in [2.24, 2.45) is 0 Å². The van der Waals surface area contributed by atoms with E-state index in [9.17, 15) is 4.79 Å². The molecule has 2 aromatic rings. The highest BCUT2D eigenvalue weighted by atomic mass is 16.2. The average Bonchev–Trinajstić information content (AvgIpc) is 2.94. The highest BCUT2D eigenvalue weighted by Gasteiger charge is 2.33. The van der Waals surface area contributed by atoms with Crippen LogP contribution >= 0.6 is 0 Å². The van der Waals surface area contributed by atoms with Crippen LogP contribution in [0, 0.1) is 0 Å². The molecule has 1 saturated heterocycles. The zero-order valence-corrected chi connectivity index (χ0v) is 11.8. The molecule has 2 heterocycles. The highest BCUT2D eigenvalue weighted by Crippen LogP contribution is 2.29. The number of rotatable bonds is 2. The van der Waals surface area contributed by atoms with Gasteiger partial charge < -0.3 is 9.80 Å². The molecular formula is C15H18N4O. The van der Waals surface area contributed by atoms with Gasteiger partial charge in [0.25, 0.3) is 0 Å². The van der Waals surface area contributed by atoms with Crippen LogP contribution in [0.4, 0.5) is 5.82 Å². The van der Waals surface area contributed by atoms with Crippen molar-refractivity contribution in [3.05, 3.63) is 30.6 Å². The molecule has 0 saturated carbocycles. The lowest BCUT2D eigenvalue weighted by molar-refractivity contribution is -0.129. The molecule has 0 radical (unpaired) electrons. The predicted octanol–water partition coefficient (Wildman–Crippen LogP) is 1.69. The zero-order valence-electron chi connectivity index (χ0n) is 11.8. The van der Waals surface area contributed by atoms with Crippen LogP contribution < -0.4 is 4.90 Å². The zero-order chi connectivity index (χ0) is 14.1. The van der Waals surface area contributed by atoms with Crippen LogP contribution in [0.3, 0.4) is 0 Å². The minimum absolute atomic E-state index is 0.108. The van der Waals surface area contributed by atoms with Crippen molar-refractivity contribution in [3.63, 3.8) is 0 Å². The maximum atomic E-state index is 12.3. The number of para-hydroxylation sites is 1. The molecule has 5 nitrogen and oxygen atoms in total. The van der Waals surface area contributed by atoms with Gasteiger partial charge >= 0.3 is 0 Å². The molecule has 0 N–H and O–H groups in total. The topological polar surface area (TPSA) is 49.3 Å². The van der Waals surface area contributed by atoms with Gasteiger partial charge in [0.15, 0.2) is 0 Å². The van der Waals surface area contributed by atoms with Crippen LogP contribution in [0.2, 0.25) is 0 Å². The number of benzene rings is 1. The van der Waals surface area contributed by atoms with Crippen molar-refractivity contribution < 1.29 is 4.79 Å². The van der Waals surface area contributed by atoms with E-state index < -0.39 is 0 Å². The summed E-state index contributed by atoms with van der Waals surface area (Å²) in [5.74, 6) is 1.01. The number of anilines is 1. The summed E-state index contributed by atoms with van der Waals surface area (Å²) >= 11 is 0. The summed E-state index contributed by atoms with van der Waals surface area (Å²) in [7, 11) is 3.60. The Balaban J connectivity index is 2.04. The first kappa shape index (κ1) is 12.8. The Morgan fingerprint density at radius 3 is 2.90 bits per heavy atom. The summed E-state index contributed by atoms with van der Waals surface area (Å²) in [6.45, 7) is 0.866. The lowest BCUT2D eigenvalue weighted by atomic mass is 10.1. The molecule has 1 aliphatic rings. The van der Waals surface area contributed by atoms with Crippen molar-refractivity contribution in [2.75, 3.05) is 25.5 Å². The van der Waals surface area contributed by atoms with Gasteiger partial charge in [-0.05, 0) is 25.0 Å². The average molecular weight is 270 g/mol. The third kappa shape index (κ3) is 2.09. The molecule has 1 aliphatic heterocycles. The summed E-state index contributed by atoms with van der Waals surface area (Å²) < 4.78 is 0. The quantitative estimate of drug-likeness (QED) is 0.833. The Morgan fingerprint density at radius 1 is 1.30 bits per heavy atom. The number of likely N-dealkylation sites (N-methyl/N-ethyl adjacent to an activating group) is 1. The van der Waals surface area contributed by atoms with Crippen LogP contribution in [-0.2, 0) is 4.79 Å². The van der Waals surface area contributed by atoms with Crippen molar-refractivity contribution in [1.29, 1.82) is 0 Å². The molecule has 0 bridgehead atoms. The van der Waals surface area contributed by atoms with Crippen molar-refractivity contribution in [1.82, 2.24) is 14.9 Å². The second-order valence-corrected chi connectivity index (χ2v) is 5.30. The van der Waals surface area contributed by atoms with Gasteiger partial charge in [-0.1, -0.05) is 12.1 Å². The van der Waals surface area contributed by atoms with Gasteiger partial charge in [-0.3, -0.25) is 4.79 Å². The fourth-order valence-corrected chi connectivity index (χ4v) is 2.79. The van der Waals surface area contributed by atoms with Crippen LogP contribution in [0.5, 0.6) is 0 Å². The smallest absolute Gasteiger partial charge is 0.244 e. The van der Waals surface area contributed by atoms with Gasteiger partial charge in [0.1, 0.15) is 18.2 Å². The SMILES string of the molecule is CN(C)C(=O)[C@H]1CCCN1c1ncnc2ccccc12. The molecule has 1 fully saturated rings. The number of amides is 1. The first-order valence-electron chi connectivity index (χ1n) is 6.86. The maximum absolute atomic E-state index is 12.3. The fourth-order valence-electron chi connectivity index (χ4n) is 2.79. The summed E-state index contributed by atoms with van der Waals surface area (Å²) in [5, 5.41) is 1.01. The Hall–Kier alpha value is -2.17. The van der Waals surface area contributed by atoms with E-state index in [-0.39, 0.29) is 11.9 Å². The van der Waals surface area contributed by atoms with Crippen LogP contribution in [0.25, 0.3) is 10.9 Å². The van der Waals surface area contributed by atoms with Crippen molar-refractivity contribution in [3.8, 4) is 0 Å². The molecule has 1 atom stereocenters. The normalized spacial score (nSPS) is 18.5. The molecule has 1 aromatic carbocycles. The first-order chi connectivity index (χ1) is 9.68. The molecule has 20 heavy (non-hydrogen) atoms. The monoisotopic (exact) mass is 270 g/mol. The predicted molar refractivity (Wildman–Crippen MR) is 78.6 cm³/mol. The molecule has 0 spiro atoms. The lowest BCUT2D eigenvalue weighted by Gasteiger charge is -2.27. The second kappa shape index (κ2) is 5.07. The minimum Gasteiger partial charge on any atom is -0.347 e. The van der Waals surface area contributed by atoms with Gasteiger partial charge in [0.2, 0.25) is 5.91 Å². The minimum atomic E-state index is -0.108. The molecule has 5 heteroatoms. The fraction of sp³-hybridized carbons (Fsp3) is 0.400. The Kier molecular flexibility index (Phi) is 3.26. The number of nitrogens with zero attached hydrogens (tertiary/aromatic N) is 4. The summed E-state index contributed by atoms with van der Waals surface area (Å²) in [6.07, 6.45) is 3.48. The first-order valence-corrected chi connectivity index (χ1v) is 6.86. The summed E-state index contributed by atoms with van der Waals surface area (Å²) in [6, 6.07) is 7.82. The standard InChI is InChI=1S/C15H18N4O/c1-18(2)15(20)13-8-5-9-19(13)14-11-6-3-4-7-12(11)16-10-17-14/h3-4,6-7,10,13H,5,8-9H2,1-2H3/t13-/m1/s1. The Morgan fingerprint density at radius 2 is 2.10 bits per heavy atom. The number of carbonyl (C=O) groups excluding carboxylic acids is 1. The van der Waals surface area contributed by atoms with Crippen LogP contribution in [0.1, 0.15) is 12.8 Å². The van der Waals surface area contributed by atoms with Crippen LogP contribution in [0.15, 0.2) is 30.6 Å². The van der Waals surface area contributed by atoms with E-state index >= 15 is 0 Å². The molecule has 1 amide bonds. The molecule has 0 aliphatic carbocycles. The van der Waals surface area contributed by atoms with E-state index in [2.05, 4.69) is 14.9 Å². The Labute approximate surface area is 118 Å². The number of hydrogen-bond donors (Lipinski definition) is 0. The molecule has 104 valence electrons. The molecule has 3 rings (SSSR count). The molecule has 0 unspecified atom stereocenters. The van der Waals surface area contributed by atoms with Crippen LogP contribution in [-0.4, -0.2) is 47.5 Å². The third-order valence-corrected chi connectivity index (χ3v) is 3.77. The van der Waals surface area contributed by atoms with Gasteiger partial charge in [0, 0.05) is 26.0 Å². The van der Waals surface area contributed by atoms with Gasteiger partial charge in [-0.15, -0.1) is 0 Å². The number of hydrogen-bond acceptors (Lipinski definition) is 4. The van der Waals surface area contributed by atoms with E-state index in [1.165, 1.54) is 0 Å². The number of fused-ring (bicyclic) bond motifs is 1. The van der Waals surface area contributed by atoms with E-state index in [0.717, 1.165) is 36.1 Å². The lowest BCUT2D eigenvalue weighted by Crippen LogP contribution is -2.43. The van der Waals surface area contributed by atoms with Gasteiger partial charge in [-0.2, -0.15) is 0 Å². The van der Waals surface area contributed by atoms with E-state index in [0.29, 0.717) is 0 Å². The number of carbonyl (C=O) groups is 1. The van der Waals surface area contributed by atoms with Crippen molar-refractivity contribution >= 4 is 22.6 Å². The summed E-state index contributed by atoms with van der Waals surface area (Å²) in [5.41, 5.74) is 0.917. The summed E-state index contributed by atoms with van der Waals surface area (Å²) in [4.78, 5) is 24.8. The van der Waals surface area contributed by atoms with E-state index in [1.54, 1.807) is 25.3 Å². The molecule has 1 aromatic heterocycles. The maximum Gasteiger partial charge on any atom is 0.244 e. The van der Waals surface area contributed by atoms with E-state index in [4.69, 9.17) is 0 Å². The van der Waals surface area contributed by atoms with Gasteiger partial charge in [0.05, 0.1) is 5.52 Å².